The Morgan fingerprint density at radius 3 is 1.78 bits per heavy atom. The maximum absolute atomic E-state index is 11.2. The average Bonchev–Trinajstić information content (AvgIpc) is 2.31. The van der Waals surface area contributed by atoms with Crippen molar-refractivity contribution in [2.75, 3.05) is 20.3 Å². The zero-order valence-electron chi connectivity index (χ0n) is 10.9. The van der Waals surface area contributed by atoms with Gasteiger partial charge in [-0.2, -0.15) is 0 Å². The van der Waals surface area contributed by atoms with Crippen molar-refractivity contribution < 1.29 is 33.3 Å². The van der Waals surface area contributed by atoms with Gasteiger partial charge in [0.1, 0.15) is 13.2 Å². The number of esters is 3. The second-order valence-electron chi connectivity index (χ2n) is 3.46. The summed E-state index contributed by atoms with van der Waals surface area (Å²) in [6.07, 6.45) is -1.64. The normalized spacial score (nSPS) is 13.3. The molecule has 0 rings (SSSR count). The zero-order chi connectivity index (χ0) is 14.1. The van der Waals surface area contributed by atoms with Gasteiger partial charge in [-0.1, -0.05) is 0 Å². The number of carbonyl (C=O) groups excluding carboxylic acids is 3. The van der Waals surface area contributed by atoms with Crippen LogP contribution >= 0.6 is 0 Å². The Kier molecular flexibility index (Phi) is 7.69. The molecule has 0 saturated heterocycles. The molecule has 2 atom stereocenters. The SMILES string of the molecule is COC(C)C(=O)OCCOC(=O)C(C)OC(C)=O. The highest BCUT2D eigenvalue weighted by Gasteiger charge is 2.18. The van der Waals surface area contributed by atoms with Gasteiger partial charge in [-0.15, -0.1) is 0 Å². The van der Waals surface area contributed by atoms with Gasteiger partial charge in [0.05, 0.1) is 0 Å². The molecule has 0 aromatic heterocycles. The molecule has 0 saturated carbocycles. The molecule has 0 heterocycles. The quantitative estimate of drug-likeness (QED) is 0.364. The van der Waals surface area contributed by atoms with Crippen molar-refractivity contribution in [3.05, 3.63) is 0 Å². The van der Waals surface area contributed by atoms with Gasteiger partial charge in [-0.25, -0.2) is 9.59 Å². The van der Waals surface area contributed by atoms with Crippen molar-refractivity contribution >= 4 is 17.9 Å². The van der Waals surface area contributed by atoms with Gasteiger partial charge in [-0.3, -0.25) is 4.79 Å². The lowest BCUT2D eigenvalue weighted by molar-refractivity contribution is -0.168. The molecule has 18 heavy (non-hydrogen) atoms. The molecule has 0 aromatic carbocycles. The summed E-state index contributed by atoms with van der Waals surface area (Å²) in [5, 5.41) is 0. The smallest absolute Gasteiger partial charge is 0.347 e. The lowest BCUT2D eigenvalue weighted by atomic mass is 10.4. The van der Waals surface area contributed by atoms with E-state index in [0.29, 0.717) is 0 Å². The summed E-state index contributed by atoms with van der Waals surface area (Å²) in [4.78, 5) is 33.0. The van der Waals surface area contributed by atoms with E-state index in [4.69, 9.17) is 14.2 Å². The predicted octanol–water partition coefficient (Wildman–Crippen LogP) is 0.0593. The maximum Gasteiger partial charge on any atom is 0.347 e. The molecule has 0 aliphatic rings. The van der Waals surface area contributed by atoms with Gasteiger partial charge in [0, 0.05) is 14.0 Å². The molecule has 104 valence electrons. The maximum atomic E-state index is 11.2. The summed E-state index contributed by atoms with van der Waals surface area (Å²) < 4.78 is 18.8. The molecule has 0 spiro atoms. The van der Waals surface area contributed by atoms with E-state index < -0.39 is 30.1 Å². The Bertz CT molecular complexity index is 300. The van der Waals surface area contributed by atoms with Gasteiger partial charge in [0.25, 0.3) is 0 Å². The van der Waals surface area contributed by atoms with Gasteiger partial charge in [-0.05, 0) is 13.8 Å². The number of hydrogen-bond acceptors (Lipinski definition) is 7. The van der Waals surface area contributed by atoms with Crippen LogP contribution in [0.15, 0.2) is 0 Å². The molecular formula is C11H18O7. The van der Waals surface area contributed by atoms with Crippen LogP contribution < -0.4 is 0 Å². The van der Waals surface area contributed by atoms with E-state index in [1.807, 2.05) is 0 Å². The number of carbonyl (C=O) groups is 3. The van der Waals surface area contributed by atoms with Crippen LogP contribution in [-0.4, -0.2) is 50.4 Å². The highest BCUT2D eigenvalue weighted by Crippen LogP contribution is 1.96. The molecule has 2 unspecified atom stereocenters. The number of ether oxygens (including phenoxy) is 4. The molecular weight excluding hydrogens is 244 g/mol. The van der Waals surface area contributed by atoms with Crippen LogP contribution in [0.2, 0.25) is 0 Å². The summed E-state index contributed by atoms with van der Waals surface area (Å²) in [6.45, 7) is 3.94. The first kappa shape index (κ1) is 16.4. The fourth-order valence-electron chi connectivity index (χ4n) is 0.913. The van der Waals surface area contributed by atoms with Crippen molar-refractivity contribution in [2.24, 2.45) is 0 Å². The molecule has 7 heteroatoms. The van der Waals surface area contributed by atoms with E-state index in [9.17, 15) is 14.4 Å². The minimum atomic E-state index is -0.976. The first-order chi connectivity index (χ1) is 8.38. The summed E-state index contributed by atoms with van der Waals surface area (Å²) in [7, 11) is 1.38. The van der Waals surface area contributed by atoms with E-state index in [2.05, 4.69) is 4.74 Å². The van der Waals surface area contributed by atoms with Crippen molar-refractivity contribution in [1.82, 2.24) is 0 Å². The fourth-order valence-corrected chi connectivity index (χ4v) is 0.913. The lowest BCUT2D eigenvalue weighted by Crippen LogP contribution is -2.28. The Balaban J connectivity index is 3.75. The van der Waals surface area contributed by atoms with E-state index in [-0.39, 0.29) is 13.2 Å². The molecule has 7 nitrogen and oxygen atoms in total. The van der Waals surface area contributed by atoms with Crippen LogP contribution in [0.25, 0.3) is 0 Å². The molecule has 0 bridgehead atoms. The standard InChI is InChI=1S/C11H18O7/c1-7(15-4)10(13)16-5-6-17-11(14)8(2)18-9(3)12/h7-8H,5-6H2,1-4H3. The van der Waals surface area contributed by atoms with Gasteiger partial charge >= 0.3 is 17.9 Å². The van der Waals surface area contributed by atoms with E-state index in [1.165, 1.54) is 27.9 Å². The van der Waals surface area contributed by atoms with Crippen molar-refractivity contribution in [1.29, 1.82) is 0 Å². The molecule has 0 N–H and O–H groups in total. The second kappa shape index (κ2) is 8.46. The Morgan fingerprint density at radius 1 is 0.944 bits per heavy atom. The summed E-state index contributed by atoms with van der Waals surface area (Å²) in [5.41, 5.74) is 0. The third kappa shape index (κ3) is 6.85. The van der Waals surface area contributed by atoms with E-state index in [1.54, 1.807) is 0 Å². The highest BCUT2D eigenvalue weighted by atomic mass is 16.6. The van der Waals surface area contributed by atoms with E-state index >= 15 is 0 Å². The minimum Gasteiger partial charge on any atom is -0.460 e. The van der Waals surface area contributed by atoms with Crippen LogP contribution in [0.5, 0.6) is 0 Å². The first-order valence-electron chi connectivity index (χ1n) is 5.41. The monoisotopic (exact) mass is 262 g/mol. The first-order valence-corrected chi connectivity index (χ1v) is 5.41. The Labute approximate surface area is 105 Å². The molecule has 0 aliphatic heterocycles. The zero-order valence-corrected chi connectivity index (χ0v) is 10.9. The van der Waals surface area contributed by atoms with Gasteiger partial charge in [0.15, 0.2) is 12.2 Å². The van der Waals surface area contributed by atoms with Crippen molar-refractivity contribution in [3.8, 4) is 0 Å². The Morgan fingerprint density at radius 2 is 1.39 bits per heavy atom. The summed E-state index contributed by atoms with van der Waals surface area (Å²) in [5.74, 6) is -1.80. The largest absolute Gasteiger partial charge is 0.460 e. The number of rotatable bonds is 7. The molecule has 0 fully saturated rings. The van der Waals surface area contributed by atoms with E-state index in [0.717, 1.165) is 0 Å². The number of hydrogen-bond donors (Lipinski definition) is 0. The van der Waals surface area contributed by atoms with Gasteiger partial charge < -0.3 is 18.9 Å². The summed E-state index contributed by atoms with van der Waals surface area (Å²) in [6, 6.07) is 0. The van der Waals surface area contributed by atoms with Crippen LogP contribution in [0.3, 0.4) is 0 Å². The average molecular weight is 262 g/mol. The highest BCUT2D eigenvalue weighted by molar-refractivity contribution is 5.78. The molecule has 0 radical (unpaired) electrons. The van der Waals surface area contributed by atoms with Crippen LogP contribution in [0, 0.1) is 0 Å². The minimum absolute atomic E-state index is 0.0783. The second-order valence-corrected chi connectivity index (χ2v) is 3.46. The third-order valence-corrected chi connectivity index (χ3v) is 1.93. The van der Waals surface area contributed by atoms with Crippen molar-refractivity contribution in [2.45, 2.75) is 33.0 Å². The van der Waals surface area contributed by atoms with Crippen LogP contribution in [0.4, 0.5) is 0 Å². The van der Waals surface area contributed by atoms with Crippen molar-refractivity contribution in [3.63, 3.8) is 0 Å². The lowest BCUT2D eigenvalue weighted by Gasteiger charge is -2.12. The number of methoxy groups -OCH3 is 1. The van der Waals surface area contributed by atoms with Crippen LogP contribution in [-0.2, 0) is 33.3 Å². The molecule has 0 aromatic rings. The fraction of sp³-hybridized carbons (Fsp3) is 0.727. The van der Waals surface area contributed by atoms with Gasteiger partial charge in [0.2, 0.25) is 0 Å². The topological polar surface area (TPSA) is 88.1 Å². The predicted molar refractivity (Wildman–Crippen MR) is 59.6 cm³/mol. The van der Waals surface area contributed by atoms with Crippen LogP contribution in [0.1, 0.15) is 20.8 Å². The summed E-state index contributed by atoms with van der Waals surface area (Å²) >= 11 is 0. The molecule has 0 aliphatic carbocycles. The third-order valence-electron chi connectivity index (χ3n) is 1.93. The Hall–Kier alpha value is -1.63. The molecule has 0 amide bonds.